The molecule has 0 saturated heterocycles. The highest BCUT2D eigenvalue weighted by Gasteiger charge is 2.30. The zero-order chi connectivity index (χ0) is 21.8. The zero-order valence-electron chi connectivity index (χ0n) is 16.8. The van der Waals surface area contributed by atoms with Crippen LogP contribution in [0.5, 0.6) is 0 Å². The number of aliphatic hydroxyl groups is 2. The summed E-state index contributed by atoms with van der Waals surface area (Å²) in [6.07, 6.45) is 2.64. The van der Waals surface area contributed by atoms with Crippen molar-refractivity contribution in [2.24, 2.45) is 9.50 Å². The molecule has 2 aliphatic carbocycles. The van der Waals surface area contributed by atoms with Crippen molar-refractivity contribution in [1.29, 1.82) is 0 Å². The molecule has 1 aromatic heterocycles. The van der Waals surface area contributed by atoms with Gasteiger partial charge in [-0.05, 0) is 80.7 Å². The summed E-state index contributed by atoms with van der Waals surface area (Å²) in [4.78, 5) is 0.250. The second kappa shape index (κ2) is 7.52. The van der Waals surface area contributed by atoms with Gasteiger partial charge in [-0.3, -0.25) is 0 Å². The zero-order valence-corrected chi connectivity index (χ0v) is 18.4. The molecule has 6 nitrogen and oxygen atoms in total. The Morgan fingerprint density at radius 2 is 1.70 bits per heavy atom. The van der Waals surface area contributed by atoms with Gasteiger partial charge in [0.15, 0.2) is 19.9 Å². The first kappa shape index (κ1) is 21.6. The molecule has 1 aromatic carbocycles. The highest BCUT2D eigenvalue weighted by molar-refractivity contribution is 7.93. The van der Waals surface area contributed by atoms with Crippen LogP contribution in [-0.4, -0.2) is 20.8 Å². The molecule has 30 heavy (non-hydrogen) atoms. The number of benzene rings is 1. The van der Waals surface area contributed by atoms with E-state index in [1.165, 1.54) is 13.8 Å². The average Bonchev–Trinajstić information content (AvgIpc) is 3.36. The predicted octanol–water partition coefficient (Wildman–Crippen LogP) is 3.32. The van der Waals surface area contributed by atoms with E-state index in [4.69, 9.17) is 5.14 Å². The molecule has 0 radical (unpaired) electrons. The number of fused-ring (bicyclic) bond motifs is 2. The Kier molecular flexibility index (Phi) is 5.43. The minimum atomic E-state index is -3.77. The molecule has 2 aromatic rings. The Labute approximate surface area is 178 Å². The molecule has 0 fully saturated rings. The maximum Gasteiger partial charge on any atom is 0.233 e. The lowest BCUT2D eigenvalue weighted by atomic mass is 9.98. The third-order valence-corrected chi connectivity index (χ3v) is 9.05. The van der Waals surface area contributed by atoms with Gasteiger partial charge >= 0.3 is 0 Å². The molecule has 0 bridgehead atoms. The van der Waals surface area contributed by atoms with E-state index in [1.54, 1.807) is 0 Å². The van der Waals surface area contributed by atoms with Crippen molar-refractivity contribution in [3.63, 3.8) is 0 Å². The lowest BCUT2D eigenvalue weighted by molar-refractivity contribution is 0.0823. The molecule has 0 amide bonds. The first-order chi connectivity index (χ1) is 14.0. The summed E-state index contributed by atoms with van der Waals surface area (Å²) in [5, 5.41) is 29.2. The second-order valence-electron chi connectivity index (χ2n) is 8.31. The number of nitrogens with one attached hydrogen (secondary N) is 1. The minimum Gasteiger partial charge on any atom is -0.385 e. The fraction of sp³-hybridized carbons (Fsp3) is 0.500. The monoisotopic (exact) mass is 457 g/mol. The van der Waals surface area contributed by atoms with E-state index in [0.717, 1.165) is 41.4 Å². The maximum absolute atomic E-state index is 14.8. The Hall–Kier alpha value is -1.59. The van der Waals surface area contributed by atoms with Crippen LogP contribution in [0, 0.1) is 11.6 Å². The minimum absolute atomic E-state index is 0.144. The normalized spacial score (nSPS) is 18.6. The molecule has 2 aliphatic rings. The van der Waals surface area contributed by atoms with Crippen molar-refractivity contribution in [3.8, 4) is 0 Å². The third kappa shape index (κ3) is 3.75. The summed E-state index contributed by atoms with van der Waals surface area (Å²) < 4.78 is 45.5. The Morgan fingerprint density at radius 3 is 2.20 bits per heavy atom. The number of nitrogens with two attached hydrogens (primary N) is 1. The van der Waals surface area contributed by atoms with Gasteiger partial charge in [0.05, 0.1) is 5.60 Å². The van der Waals surface area contributed by atoms with E-state index in [1.807, 2.05) is 0 Å². The number of rotatable bonds is 5. The van der Waals surface area contributed by atoms with Gasteiger partial charge in [0.2, 0.25) is 6.35 Å². The summed E-state index contributed by atoms with van der Waals surface area (Å²) in [5.74, 6) is -0.987. The highest BCUT2D eigenvalue weighted by atomic mass is 32.2. The number of halogens is 2. The molecule has 2 atom stereocenters. The second-order valence-corrected chi connectivity index (χ2v) is 11.4. The molecule has 4 rings (SSSR count). The van der Waals surface area contributed by atoms with Crippen molar-refractivity contribution in [1.82, 2.24) is 0 Å². The average molecular weight is 458 g/mol. The largest absolute Gasteiger partial charge is 0.385 e. The van der Waals surface area contributed by atoms with Crippen molar-refractivity contribution >= 4 is 26.9 Å². The molecular weight excluding hydrogens is 432 g/mol. The van der Waals surface area contributed by atoms with Crippen LogP contribution in [-0.2, 0) is 41.2 Å². The SMILES string of the molecule is CC(C)(O)c1cc(F)c([S@@](N)(=O)=NC(O)Nc2c3c(c(F)c4c2CCC4)CCC3)s1. The van der Waals surface area contributed by atoms with Gasteiger partial charge in [0, 0.05) is 10.6 Å². The van der Waals surface area contributed by atoms with Crippen LogP contribution in [0.3, 0.4) is 0 Å². The summed E-state index contributed by atoms with van der Waals surface area (Å²) in [6, 6.07) is 1.07. The standard InChI is InChI=1S/C20H25F2N3O3S2/c1-20(2,27)15-9-14(21)18(29-15)30(23,28)25-19(26)24-17-12-7-3-5-10(12)16(22)11-6-4-8-13(11)17/h9,19,24,26-27H,3-8H2,1-2H3,(H2,23,25,28)/t19?,30-/m0/s1. The van der Waals surface area contributed by atoms with E-state index in [-0.39, 0.29) is 14.9 Å². The van der Waals surface area contributed by atoms with E-state index in [0.29, 0.717) is 42.5 Å². The quantitative estimate of drug-likeness (QED) is 0.517. The lowest BCUT2D eigenvalue weighted by Crippen LogP contribution is -2.24. The number of thiophene rings is 1. The first-order valence-corrected chi connectivity index (χ1v) is 12.2. The first-order valence-electron chi connectivity index (χ1n) is 9.85. The third-order valence-electron chi connectivity index (χ3n) is 5.62. The van der Waals surface area contributed by atoms with Gasteiger partial charge in [-0.1, -0.05) is 0 Å². The Bertz CT molecular complexity index is 1100. The summed E-state index contributed by atoms with van der Waals surface area (Å²) >= 11 is 0.756. The predicted molar refractivity (Wildman–Crippen MR) is 113 cm³/mol. The van der Waals surface area contributed by atoms with Crippen LogP contribution >= 0.6 is 11.3 Å². The van der Waals surface area contributed by atoms with Crippen LogP contribution in [0.25, 0.3) is 0 Å². The number of hydrogen-bond acceptors (Lipinski definition) is 6. The van der Waals surface area contributed by atoms with Gasteiger partial charge in [0.25, 0.3) is 0 Å². The van der Waals surface area contributed by atoms with Gasteiger partial charge in [-0.2, -0.15) is 4.36 Å². The van der Waals surface area contributed by atoms with E-state index < -0.39 is 27.7 Å². The van der Waals surface area contributed by atoms with Gasteiger partial charge in [-0.15, -0.1) is 11.3 Å². The highest BCUT2D eigenvalue weighted by Crippen LogP contribution is 2.41. The molecule has 5 N–H and O–H groups in total. The van der Waals surface area contributed by atoms with Gasteiger partial charge in [0.1, 0.15) is 5.82 Å². The van der Waals surface area contributed by atoms with E-state index >= 15 is 0 Å². The van der Waals surface area contributed by atoms with E-state index in [9.17, 15) is 23.2 Å². The molecule has 0 aliphatic heterocycles. The van der Waals surface area contributed by atoms with Gasteiger partial charge in [-0.25, -0.2) is 18.1 Å². The van der Waals surface area contributed by atoms with Crippen LogP contribution in [0.15, 0.2) is 14.6 Å². The lowest BCUT2D eigenvalue weighted by Gasteiger charge is -2.20. The van der Waals surface area contributed by atoms with Crippen LogP contribution in [0.4, 0.5) is 14.5 Å². The number of aliphatic hydroxyl groups excluding tert-OH is 1. The summed E-state index contributed by atoms with van der Waals surface area (Å²) in [7, 11) is -3.77. The fourth-order valence-corrected chi connectivity index (χ4v) is 6.69. The Morgan fingerprint density at radius 1 is 1.17 bits per heavy atom. The number of anilines is 1. The summed E-state index contributed by atoms with van der Waals surface area (Å²) in [6.45, 7) is 2.95. The van der Waals surface area contributed by atoms with Crippen molar-refractivity contribution in [2.75, 3.05) is 5.32 Å². The maximum atomic E-state index is 14.8. The van der Waals surface area contributed by atoms with Crippen molar-refractivity contribution in [3.05, 3.63) is 44.8 Å². The van der Waals surface area contributed by atoms with Crippen LogP contribution in [0.2, 0.25) is 0 Å². The topological polar surface area (TPSA) is 108 Å². The summed E-state index contributed by atoms with van der Waals surface area (Å²) in [5.41, 5.74) is 2.27. The fourth-order valence-electron chi connectivity index (χ4n) is 4.27. The number of nitrogens with zero attached hydrogens (tertiary/aromatic N) is 1. The smallest absolute Gasteiger partial charge is 0.233 e. The van der Waals surface area contributed by atoms with Crippen molar-refractivity contribution < 1.29 is 23.2 Å². The molecule has 0 saturated carbocycles. The molecule has 10 heteroatoms. The van der Waals surface area contributed by atoms with E-state index in [2.05, 4.69) is 9.68 Å². The molecule has 1 unspecified atom stereocenters. The van der Waals surface area contributed by atoms with Crippen LogP contribution in [0.1, 0.15) is 53.8 Å². The molecule has 164 valence electrons. The molecular formula is C20H25F2N3O3S2. The van der Waals surface area contributed by atoms with Crippen molar-refractivity contribution in [2.45, 2.75) is 68.5 Å². The number of hydrogen-bond donors (Lipinski definition) is 4. The molecule has 1 heterocycles. The Balaban J connectivity index is 1.69. The van der Waals surface area contributed by atoms with Crippen LogP contribution < -0.4 is 10.5 Å². The molecule has 0 spiro atoms. The van der Waals surface area contributed by atoms with Gasteiger partial charge < -0.3 is 15.5 Å².